The zero-order valence-electron chi connectivity index (χ0n) is 19.6. The lowest BCUT2D eigenvalue weighted by Crippen LogP contribution is -2.53. The average molecular weight is 569 g/mol. The van der Waals surface area contributed by atoms with E-state index in [1.54, 1.807) is 11.6 Å². The number of carbonyl (C=O) groups is 2. The minimum Gasteiger partial charge on any atom is -0.467 e. The number of carbonyl (C=O) groups excluding carboxylic acids is 2. The molecule has 38 heavy (non-hydrogen) atoms. The molecule has 4 N–H and O–H groups in total. The van der Waals surface area contributed by atoms with Gasteiger partial charge in [0.15, 0.2) is 16.4 Å². The van der Waals surface area contributed by atoms with Gasteiger partial charge in [-0.25, -0.2) is 24.0 Å². The first-order valence-electron chi connectivity index (χ1n) is 10.9. The summed E-state index contributed by atoms with van der Waals surface area (Å²) < 4.78 is 49.1. The SMILES string of the molecule is COC(=O)[C@@]1(CC2=C(C(N)=CC=NC(F)F)[C@H](c3ccc(F)cc3Cl)N=C(c3nccs3)N2)COC(=O)N1. The molecule has 1 saturated heterocycles. The van der Waals surface area contributed by atoms with E-state index in [0.29, 0.717) is 10.6 Å². The van der Waals surface area contributed by atoms with Crippen LogP contribution in [0.3, 0.4) is 0 Å². The largest absolute Gasteiger partial charge is 0.467 e. The Balaban J connectivity index is 1.93. The van der Waals surface area contributed by atoms with Crippen LogP contribution in [0, 0.1) is 5.82 Å². The van der Waals surface area contributed by atoms with Crippen LogP contribution >= 0.6 is 22.9 Å². The van der Waals surface area contributed by atoms with Gasteiger partial charge in [-0.3, -0.25) is 4.99 Å². The Bertz CT molecular complexity index is 1360. The van der Waals surface area contributed by atoms with Gasteiger partial charge in [-0.2, -0.15) is 8.78 Å². The number of hydrogen-bond acceptors (Lipinski definition) is 10. The smallest absolute Gasteiger partial charge is 0.408 e. The summed E-state index contributed by atoms with van der Waals surface area (Å²) in [6.45, 7) is -3.33. The number of aromatic nitrogens is 1. The maximum absolute atomic E-state index is 13.9. The van der Waals surface area contributed by atoms with E-state index in [1.807, 2.05) is 0 Å². The molecule has 1 amide bonds. The summed E-state index contributed by atoms with van der Waals surface area (Å²) >= 11 is 7.65. The number of methoxy groups -OCH3 is 1. The van der Waals surface area contributed by atoms with Crippen molar-refractivity contribution >= 4 is 47.1 Å². The minimum atomic E-state index is -2.97. The van der Waals surface area contributed by atoms with Gasteiger partial charge in [-0.15, -0.1) is 11.3 Å². The number of amides is 1. The molecule has 0 radical (unpaired) electrons. The second kappa shape index (κ2) is 11.2. The summed E-state index contributed by atoms with van der Waals surface area (Å²) in [7, 11) is 1.15. The quantitative estimate of drug-likeness (QED) is 0.252. The van der Waals surface area contributed by atoms with Crippen LogP contribution in [0.25, 0.3) is 0 Å². The number of rotatable bonds is 8. The molecule has 4 rings (SSSR count). The number of esters is 1. The molecule has 10 nitrogen and oxygen atoms in total. The van der Waals surface area contributed by atoms with Gasteiger partial charge in [0.2, 0.25) is 0 Å². The topological polar surface area (TPSA) is 140 Å². The van der Waals surface area contributed by atoms with E-state index < -0.39 is 36.0 Å². The van der Waals surface area contributed by atoms with E-state index in [1.165, 1.54) is 23.5 Å². The summed E-state index contributed by atoms with van der Waals surface area (Å²) in [5.74, 6) is -1.12. The second-order valence-electron chi connectivity index (χ2n) is 8.05. The van der Waals surface area contributed by atoms with Crippen LogP contribution in [0.5, 0.6) is 0 Å². The van der Waals surface area contributed by atoms with E-state index in [-0.39, 0.29) is 40.9 Å². The van der Waals surface area contributed by atoms with Crippen molar-refractivity contribution in [3.05, 3.63) is 74.2 Å². The van der Waals surface area contributed by atoms with Crippen LogP contribution in [0.1, 0.15) is 23.0 Å². The van der Waals surface area contributed by atoms with Crippen molar-refractivity contribution in [2.45, 2.75) is 24.6 Å². The number of nitrogens with zero attached hydrogens (tertiary/aromatic N) is 3. The molecule has 200 valence electrons. The Kier molecular flexibility index (Phi) is 8.02. The van der Waals surface area contributed by atoms with Crippen LogP contribution in [-0.2, 0) is 14.3 Å². The number of alkyl halides is 2. The van der Waals surface area contributed by atoms with Gasteiger partial charge in [-0.1, -0.05) is 17.7 Å². The van der Waals surface area contributed by atoms with Gasteiger partial charge in [-0.05, 0) is 18.2 Å². The van der Waals surface area contributed by atoms with Crippen molar-refractivity contribution in [1.29, 1.82) is 0 Å². The maximum atomic E-state index is 13.9. The molecule has 1 fully saturated rings. The zero-order chi connectivity index (χ0) is 27.4. The number of aliphatic imine (C=N–C) groups is 2. The highest BCUT2D eigenvalue weighted by atomic mass is 35.5. The fraction of sp³-hybridized carbons (Fsp3) is 0.261. The molecule has 1 aromatic heterocycles. The molecule has 2 atom stereocenters. The first-order valence-corrected chi connectivity index (χ1v) is 12.1. The lowest BCUT2D eigenvalue weighted by molar-refractivity contribution is -0.148. The van der Waals surface area contributed by atoms with Crippen molar-refractivity contribution < 1.29 is 32.2 Å². The van der Waals surface area contributed by atoms with Crippen molar-refractivity contribution in [1.82, 2.24) is 15.6 Å². The molecular formula is C23H20ClF3N6O4S. The standard InChI is InChI=1S/C23H20ClF3N6O4S/c1-36-20(34)23(10-37-22(35)33-23)9-15-16(14(28)4-5-30-21(26)27)17(12-3-2-11(25)8-13(12)24)32-18(31-15)19-29-6-7-38-19/h2-8,17,21H,9-10,28H2,1H3,(H,31,32)(H,33,35)/t17-,23+/m0/s1. The molecule has 0 aliphatic carbocycles. The number of benzene rings is 1. The monoisotopic (exact) mass is 568 g/mol. The van der Waals surface area contributed by atoms with Gasteiger partial charge in [0, 0.05) is 51.8 Å². The fourth-order valence-electron chi connectivity index (χ4n) is 3.98. The van der Waals surface area contributed by atoms with Crippen LogP contribution in [-0.4, -0.2) is 54.9 Å². The van der Waals surface area contributed by atoms with Crippen LogP contribution in [0.15, 0.2) is 62.8 Å². The van der Waals surface area contributed by atoms with Crippen molar-refractivity contribution in [3.63, 3.8) is 0 Å². The number of hydrogen-bond donors (Lipinski definition) is 3. The fourth-order valence-corrected chi connectivity index (χ4v) is 4.84. The Labute approximate surface area is 223 Å². The molecule has 2 aliphatic rings. The Hall–Kier alpha value is -3.91. The zero-order valence-corrected chi connectivity index (χ0v) is 21.2. The van der Waals surface area contributed by atoms with Gasteiger partial charge in [0.05, 0.1) is 7.11 Å². The van der Waals surface area contributed by atoms with Crippen molar-refractivity contribution in [2.75, 3.05) is 13.7 Å². The molecule has 0 unspecified atom stereocenters. The summed E-state index contributed by atoms with van der Waals surface area (Å²) in [5.41, 5.74) is 5.43. The third kappa shape index (κ3) is 5.65. The molecule has 2 aliphatic heterocycles. The number of amidine groups is 1. The van der Waals surface area contributed by atoms with Crippen LogP contribution in [0.2, 0.25) is 5.02 Å². The van der Waals surface area contributed by atoms with E-state index in [2.05, 4.69) is 20.6 Å². The number of ether oxygens (including phenoxy) is 2. The summed E-state index contributed by atoms with van der Waals surface area (Å²) in [5, 5.41) is 7.77. The number of nitrogens with one attached hydrogen (secondary N) is 2. The number of cyclic esters (lactones) is 1. The molecular weight excluding hydrogens is 549 g/mol. The predicted molar refractivity (Wildman–Crippen MR) is 134 cm³/mol. The predicted octanol–water partition coefficient (Wildman–Crippen LogP) is 3.46. The molecule has 0 spiro atoms. The third-order valence-electron chi connectivity index (χ3n) is 5.63. The van der Waals surface area contributed by atoms with Crippen LogP contribution < -0.4 is 16.4 Å². The number of alkyl carbamates (subject to hydrolysis) is 1. The molecule has 0 saturated carbocycles. The number of halogens is 4. The molecule has 15 heteroatoms. The highest BCUT2D eigenvalue weighted by Crippen LogP contribution is 2.40. The highest BCUT2D eigenvalue weighted by molar-refractivity contribution is 7.11. The van der Waals surface area contributed by atoms with Gasteiger partial charge < -0.3 is 25.8 Å². The molecule has 1 aromatic carbocycles. The number of allylic oxidation sites excluding steroid dienone is 1. The number of nitrogens with two attached hydrogens (primary N) is 1. The highest BCUT2D eigenvalue weighted by Gasteiger charge is 2.49. The Morgan fingerprint density at radius 3 is 2.87 bits per heavy atom. The Morgan fingerprint density at radius 2 is 2.26 bits per heavy atom. The lowest BCUT2D eigenvalue weighted by Gasteiger charge is -2.32. The van der Waals surface area contributed by atoms with E-state index in [4.69, 9.17) is 31.8 Å². The molecule has 0 bridgehead atoms. The molecule has 2 aromatic rings. The van der Waals surface area contributed by atoms with Crippen molar-refractivity contribution in [2.24, 2.45) is 15.7 Å². The maximum Gasteiger partial charge on any atom is 0.408 e. The number of thiazole rings is 1. The van der Waals surface area contributed by atoms with Gasteiger partial charge in [0.25, 0.3) is 0 Å². The van der Waals surface area contributed by atoms with E-state index in [9.17, 15) is 22.8 Å². The van der Waals surface area contributed by atoms with Crippen LogP contribution in [0.4, 0.5) is 18.0 Å². The first-order chi connectivity index (χ1) is 18.1. The van der Waals surface area contributed by atoms with Crippen molar-refractivity contribution in [3.8, 4) is 0 Å². The third-order valence-corrected chi connectivity index (χ3v) is 6.73. The minimum absolute atomic E-state index is 0.0187. The molecule has 3 heterocycles. The Morgan fingerprint density at radius 1 is 1.47 bits per heavy atom. The van der Waals surface area contributed by atoms with E-state index >= 15 is 0 Å². The van der Waals surface area contributed by atoms with E-state index in [0.717, 1.165) is 25.5 Å². The first kappa shape index (κ1) is 27.1. The van der Waals surface area contributed by atoms with Gasteiger partial charge >= 0.3 is 18.6 Å². The normalized spacial score (nSPS) is 21.8. The summed E-state index contributed by atoms with van der Waals surface area (Å²) in [4.78, 5) is 36.7. The average Bonchev–Trinajstić information content (AvgIpc) is 3.53. The lowest BCUT2D eigenvalue weighted by atomic mass is 9.87. The summed E-state index contributed by atoms with van der Waals surface area (Å²) in [6.07, 6.45) is 2.43. The van der Waals surface area contributed by atoms with Gasteiger partial charge in [0.1, 0.15) is 18.5 Å². The second-order valence-corrected chi connectivity index (χ2v) is 9.35. The summed E-state index contributed by atoms with van der Waals surface area (Å²) in [6, 6.07) is 2.68.